The lowest BCUT2D eigenvalue weighted by molar-refractivity contribution is -0.192. The number of hydrogen-bond acceptors (Lipinski definition) is 6. The molecule has 2 aliphatic rings. The highest BCUT2D eigenvalue weighted by molar-refractivity contribution is 6.30. The maximum Gasteiger partial charge on any atom is 0.490 e. The second kappa shape index (κ2) is 13.9. The van der Waals surface area contributed by atoms with E-state index in [4.69, 9.17) is 36.7 Å². The molecular weight excluding hydrogens is 555 g/mol. The van der Waals surface area contributed by atoms with Gasteiger partial charge in [-0.05, 0) is 62.1 Å². The number of ether oxygens (including phenoxy) is 2. The second-order valence-corrected chi connectivity index (χ2v) is 10.2. The van der Waals surface area contributed by atoms with E-state index in [-0.39, 0.29) is 18.8 Å². The van der Waals surface area contributed by atoms with Gasteiger partial charge in [-0.1, -0.05) is 23.7 Å². The summed E-state index contributed by atoms with van der Waals surface area (Å²) in [6.07, 6.45) is -2.96. The normalized spacial score (nSPS) is 20.0. The number of aliphatic hydroxyl groups excluding tert-OH is 1. The molecule has 2 heterocycles. The smallest absolute Gasteiger partial charge is 0.490 e. The fraction of sp³-hybridized carbons (Fsp3) is 0.481. The van der Waals surface area contributed by atoms with E-state index in [0.717, 1.165) is 49.2 Å². The van der Waals surface area contributed by atoms with Crippen molar-refractivity contribution in [1.29, 1.82) is 0 Å². The highest BCUT2D eigenvalue weighted by Crippen LogP contribution is 2.37. The van der Waals surface area contributed by atoms with Crippen molar-refractivity contribution in [1.82, 2.24) is 9.80 Å². The molecule has 4 rings (SSSR count). The number of carboxylic acid groups (broad SMARTS) is 1. The predicted molar refractivity (Wildman–Crippen MR) is 142 cm³/mol. The third-order valence-electron chi connectivity index (χ3n) is 6.55. The molecule has 220 valence electrons. The van der Waals surface area contributed by atoms with Crippen LogP contribution in [0.1, 0.15) is 36.4 Å². The monoisotopic (exact) mass is 587 g/mol. The number of carbonyl (C=O) groups excluding carboxylic acids is 1. The number of β-amino-alcohol motifs (C(OH)–C–C–N with tert-alkyl or cyclic N) is 1. The number of amides is 2. The zero-order chi connectivity index (χ0) is 29.4. The van der Waals surface area contributed by atoms with Crippen molar-refractivity contribution in [2.75, 3.05) is 32.8 Å². The lowest BCUT2D eigenvalue weighted by Gasteiger charge is -2.26. The van der Waals surface area contributed by atoms with Gasteiger partial charge >= 0.3 is 18.2 Å². The van der Waals surface area contributed by atoms with Gasteiger partial charge in [0.1, 0.15) is 30.3 Å². The number of alkyl halides is 3. The second-order valence-electron chi connectivity index (χ2n) is 9.74. The highest BCUT2D eigenvalue weighted by atomic mass is 35.5. The number of urea groups is 1. The maximum absolute atomic E-state index is 11.8. The molecule has 2 saturated heterocycles. The highest BCUT2D eigenvalue weighted by Gasteiger charge is 2.38. The number of carbonyl (C=O) groups is 2. The number of aryl methyl sites for hydroxylation is 1. The number of carboxylic acids is 1. The molecule has 2 aromatic carbocycles. The quantitative estimate of drug-likeness (QED) is 0.418. The number of aliphatic carboxylic acids is 1. The van der Waals surface area contributed by atoms with Gasteiger partial charge in [0.05, 0.1) is 6.04 Å². The molecule has 0 aliphatic carbocycles. The number of halogens is 4. The molecule has 13 heteroatoms. The van der Waals surface area contributed by atoms with Gasteiger partial charge in [-0.15, -0.1) is 0 Å². The van der Waals surface area contributed by atoms with Crippen LogP contribution >= 0.6 is 11.6 Å². The Morgan fingerprint density at radius 1 is 1.15 bits per heavy atom. The summed E-state index contributed by atoms with van der Waals surface area (Å²) < 4.78 is 43.8. The van der Waals surface area contributed by atoms with Crippen LogP contribution in [-0.4, -0.2) is 83.2 Å². The summed E-state index contributed by atoms with van der Waals surface area (Å²) in [6.45, 7) is 4.96. The summed E-state index contributed by atoms with van der Waals surface area (Å²) in [7, 11) is 0. The number of primary amides is 1. The van der Waals surface area contributed by atoms with Gasteiger partial charge in [0.2, 0.25) is 0 Å². The minimum atomic E-state index is -5.08. The van der Waals surface area contributed by atoms with Gasteiger partial charge in [-0.2, -0.15) is 13.2 Å². The minimum absolute atomic E-state index is 0.0837. The first kappa shape index (κ1) is 31.3. The van der Waals surface area contributed by atoms with Crippen LogP contribution in [0.3, 0.4) is 0 Å². The van der Waals surface area contributed by atoms with Crippen LogP contribution in [-0.2, 0) is 4.79 Å². The first-order chi connectivity index (χ1) is 18.8. The van der Waals surface area contributed by atoms with Crippen molar-refractivity contribution in [3.8, 4) is 11.5 Å². The topological polar surface area (TPSA) is 126 Å². The van der Waals surface area contributed by atoms with Crippen LogP contribution in [0.25, 0.3) is 0 Å². The Bertz CT molecular complexity index is 1150. The van der Waals surface area contributed by atoms with E-state index in [9.17, 15) is 23.1 Å². The van der Waals surface area contributed by atoms with Crippen LogP contribution in [0, 0.1) is 6.92 Å². The van der Waals surface area contributed by atoms with Crippen LogP contribution in [0.2, 0.25) is 5.02 Å². The van der Waals surface area contributed by atoms with Crippen molar-refractivity contribution in [2.45, 2.75) is 50.6 Å². The summed E-state index contributed by atoms with van der Waals surface area (Å²) >= 11 is 5.93. The molecule has 2 fully saturated rings. The number of benzene rings is 2. The van der Waals surface area contributed by atoms with Crippen molar-refractivity contribution in [2.24, 2.45) is 5.73 Å². The van der Waals surface area contributed by atoms with Crippen molar-refractivity contribution in [3.63, 3.8) is 0 Å². The molecule has 0 bridgehead atoms. The summed E-state index contributed by atoms with van der Waals surface area (Å²) in [5, 5.41) is 18.4. The van der Waals surface area contributed by atoms with Crippen molar-refractivity contribution >= 4 is 23.6 Å². The average Bonchev–Trinajstić information content (AvgIpc) is 3.54. The Kier molecular flexibility index (Phi) is 10.9. The number of rotatable bonds is 8. The zero-order valence-electron chi connectivity index (χ0n) is 21.9. The summed E-state index contributed by atoms with van der Waals surface area (Å²) in [5.74, 6) is -1.25. The SMILES string of the molecule is Cc1ccc(C2CCCN2C(N)=O)c(OCC(O)CN2CCC(Oc3ccc(Cl)cc3)C2)c1.O=C(O)C(F)(F)F. The lowest BCUT2D eigenvalue weighted by Crippen LogP contribution is -2.36. The predicted octanol–water partition coefficient (Wildman–Crippen LogP) is 4.39. The first-order valence-electron chi connectivity index (χ1n) is 12.8. The van der Waals surface area contributed by atoms with Gasteiger partial charge in [-0.3, -0.25) is 4.90 Å². The lowest BCUT2D eigenvalue weighted by atomic mass is 10.0. The Labute approximate surface area is 235 Å². The Hall–Kier alpha value is -3.22. The van der Waals surface area contributed by atoms with Crippen molar-refractivity contribution < 1.29 is 42.4 Å². The zero-order valence-corrected chi connectivity index (χ0v) is 22.7. The number of hydrogen-bond donors (Lipinski definition) is 3. The third-order valence-corrected chi connectivity index (χ3v) is 6.80. The number of likely N-dealkylation sites (tertiary alicyclic amines) is 2. The Morgan fingerprint density at radius 3 is 2.45 bits per heavy atom. The summed E-state index contributed by atoms with van der Waals surface area (Å²) in [5.41, 5.74) is 7.58. The molecule has 9 nitrogen and oxygen atoms in total. The number of aliphatic hydroxyl groups is 1. The van der Waals surface area contributed by atoms with Crippen LogP contribution in [0.5, 0.6) is 11.5 Å². The molecule has 2 aromatic rings. The molecule has 4 N–H and O–H groups in total. The van der Waals surface area contributed by atoms with E-state index < -0.39 is 24.3 Å². The van der Waals surface area contributed by atoms with Crippen LogP contribution < -0.4 is 15.2 Å². The molecule has 3 unspecified atom stereocenters. The first-order valence-corrected chi connectivity index (χ1v) is 13.1. The number of nitrogens with two attached hydrogens (primary N) is 1. The van der Waals surface area contributed by atoms with Crippen molar-refractivity contribution in [3.05, 3.63) is 58.6 Å². The van der Waals surface area contributed by atoms with E-state index in [0.29, 0.717) is 23.9 Å². The van der Waals surface area contributed by atoms with Crippen LogP contribution in [0.15, 0.2) is 42.5 Å². The molecule has 40 heavy (non-hydrogen) atoms. The van der Waals surface area contributed by atoms with Gasteiger partial charge in [0.15, 0.2) is 0 Å². The minimum Gasteiger partial charge on any atom is -0.490 e. The van der Waals surface area contributed by atoms with E-state index in [1.807, 2.05) is 49.4 Å². The van der Waals surface area contributed by atoms with Gasteiger partial charge in [-0.25, -0.2) is 9.59 Å². The summed E-state index contributed by atoms with van der Waals surface area (Å²) in [6, 6.07) is 12.9. The van der Waals surface area contributed by atoms with E-state index in [1.54, 1.807) is 4.90 Å². The molecule has 0 aromatic heterocycles. The largest absolute Gasteiger partial charge is 0.490 e. The van der Waals surface area contributed by atoms with Crippen LogP contribution in [0.4, 0.5) is 18.0 Å². The molecule has 0 saturated carbocycles. The van der Waals surface area contributed by atoms with E-state index in [1.165, 1.54) is 0 Å². The van der Waals surface area contributed by atoms with E-state index >= 15 is 0 Å². The molecule has 2 amide bonds. The standard InChI is InChI=1S/C25H32ClN3O4.C2HF3O2/c1-17-4-9-22(23-3-2-11-29(23)25(27)31)24(13-17)32-16-19(30)14-28-12-10-21(15-28)33-20-7-5-18(26)6-8-20;3-2(4,5)1(6)7/h4-9,13,19,21,23,30H,2-3,10-12,14-16H2,1H3,(H2,27,31);(H,6,7). The number of nitrogens with zero attached hydrogens (tertiary/aromatic N) is 2. The van der Waals surface area contributed by atoms with E-state index in [2.05, 4.69) is 4.90 Å². The molecule has 0 spiro atoms. The average molecular weight is 588 g/mol. The molecule has 3 atom stereocenters. The van der Waals surface area contributed by atoms with Gasteiger partial charge in [0, 0.05) is 36.8 Å². The third kappa shape index (κ3) is 9.17. The molecule has 0 radical (unpaired) electrons. The summed E-state index contributed by atoms with van der Waals surface area (Å²) in [4.78, 5) is 24.6. The fourth-order valence-corrected chi connectivity index (χ4v) is 4.82. The van der Waals surface area contributed by atoms with Gasteiger partial charge < -0.3 is 30.3 Å². The molecule has 2 aliphatic heterocycles. The Morgan fingerprint density at radius 2 is 1.82 bits per heavy atom. The Balaban J connectivity index is 0.000000559. The maximum atomic E-state index is 11.8. The fourth-order valence-electron chi connectivity index (χ4n) is 4.70. The van der Waals surface area contributed by atoms with Gasteiger partial charge in [0.25, 0.3) is 0 Å². The molecular formula is C27H33ClF3N3O6.